The van der Waals surface area contributed by atoms with Gasteiger partial charge in [-0.3, -0.25) is 5.32 Å². The summed E-state index contributed by atoms with van der Waals surface area (Å²) < 4.78 is 0. The van der Waals surface area contributed by atoms with Crippen molar-refractivity contribution in [2.24, 2.45) is 4.99 Å². The minimum atomic E-state index is 0.956. The van der Waals surface area contributed by atoms with Gasteiger partial charge >= 0.3 is 0 Å². The van der Waals surface area contributed by atoms with Gasteiger partial charge in [0.25, 0.3) is 0 Å². The van der Waals surface area contributed by atoms with Crippen molar-refractivity contribution in [3.8, 4) is 0 Å². The van der Waals surface area contributed by atoms with E-state index in [4.69, 9.17) is 0 Å². The first-order chi connectivity index (χ1) is 5.95. The summed E-state index contributed by atoms with van der Waals surface area (Å²) in [6.45, 7) is 0. The summed E-state index contributed by atoms with van der Waals surface area (Å²) in [6, 6.07) is 4.06. The number of hydrogen-bond acceptors (Lipinski definition) is 2. The smallest absolute Gasteiger partial charge is 0.192 e. The molecular formula is C8H7N4+. The van der Waals surface area contributed by atoms with Crippen LogP contribution in [0.4, 0.5) is 11.4 Å². The van der Waals surface area contributed by atoms with Gasteiger partial charge in [0.2, 0.25) is 0 Å². The van der Waals surface area contributed by atoms with Crippen LogP contribution in [0, 0.1) is 0 Å². The number of H-pyrrole nitrogens is 1. The van der Waals surface area contributed by atoms with Crippen molar-refractivity contribution in [3.63, 3.8) is 0 Å². The maximum Gasteiger partial charge on any atom is 0.192 e. The Bertz CT molecular complexity index is 469. The molecule has 1 aliphatic rings. The molecule has 1 aromatic heterocycles. The van der Waals surface area contributed by atoms with Crippen molar-refractivity contribution in [1.29, 1.82) is 0 Å². The van der Waals surface area contributed by atoms with Crippen LogP contribution in [-0.4, -0.2) is 16.3 Å². The number of aromatic nitrogens is 2. The van der Waals surface area contributed by atoms with Crippen molar-refractivity contribution in [1.82, 2.24) is 9.97 Å². The highest BCUT2D eigenvalue weighted by molar-refractivity contribution is 5.94. The fourth-order valence-corrected chi connectivity index (χ4v) is 1.47. The van der Waals surface area contributed by atoms with Crippen molar-refractivity contribution >= 4 is 28.7 Å². The zero-order chi connectivity index (χ0) is 7.97. The number of nitrogens with two attached hydrogens (primary N) is 1. The second kappa shape index (κ2) is 1.92. The van der Waals surface area contributed by atoms with Crippen LogP contribution < -0.4 is 5.32 Å². The van der Waals surface area contributed by atoms with Crippen LogP contribution in [0.15, 0.2) is 23.5 Å². The molecule has 0 aliphatic carbocycles. The summed E-state index contributed by atoms with van der Waals surface area (Å²) in [4.78, 5) is 11.5. The van der Waals surface area contributed by atoms with E-state index < -0.39 is 0 Å². The Hall–Kier alpha value is -1.68. The maximum absolute atomic E-state index is 4.24. The predicted molar refractivity (Wildman–Crippen MR) is 45.8 cm³/mol. The molecular weight excluding hydrogens is 152 g/mol. The van der Waals surface area contributed by atoms with Gasteiger partial charge in [-0.2, -0.15) is 4.99 Å². The molecule has 0 saturated carbocycles. The molecule has 3 rings (SSSR count). The number of quaternary nitrogens is 1. The van der Waals surface area contributed by atoms with Gasteiger partial charge < -0.3 is 4.98 Å². The van der Waals surface area contributed by atoms with Crippen LogP contribution in [0.2, 0.25) is 0 Å². The number of nitrogens with one attached hydrogen (secondary N) is 1. The zero-order valence-electron chi connectivity index (χ0n) is 6.28. The topological polar surface area (TPSA) is 57.6 Å². The molecule has 2 heterocycles. The lowest BCUT2D eigenvalue weighted by Crippen LogP contribution is -2.74. The molecule has 1 aliphatic heterocycles. The Morgan fingerprint density at radius 3 is 3.33 bits per heavy atom. The molecule has 0 spiro atoms. The summed E-state index contributed by atoms with van der Waals surface area (Å²) in [5, 5.41) is 1.99. The molecule has 0 fully saturated rings. The van der Waals surface area contributed by atoms with Crippen LogP contribution in [-0.2, 0) is 0 Å². The number of hydrogen-bond donors (Lipinski definition) is 2. The van der Waals surface area contributed by atoms with Gasteiger partial charge in [0.1, 0.15) is 5.52 Å². The number of fused-ring (bicyclic) bond motifs is 3. The monoisotopic (exact) mass is 159 g/mol. The van der Waals surface area contributed by atoms with Crippen LogP contribution in [0.1, 0.15) is 0 Å². The minimum Gasteiger partial charge on any atom is -0.345 e. The molecule has 0 atom stereocenters. The number of nitrogens with zero attached hydrogens (tertiary/aromatic N) is 2. The van der Waals surface area contributed by atoms with E-state index in [1.54, 1.807) is 12.7 Å². The average Bonchev–Trinajstić information content (AvgIpc) is 2.71. The Balaban J connectivity index is 2.52. The standard InChI is InChI=1S/C8H6N4/c1-2-6-8(12-4-10-6)7-5(1)9-3-11-7/h1-4H,(H,9,11)(H,10,12)/p+1. The van der Waals surface area contributed by atoms with Gasteiger partial charge in [0.05, 0.1) is 11.8 Å². The van der Waals surface area contributed by atoms with E-state index in [0.717, 1.165) is 22.4 Å². The third-order valence-corrected chi connectivity index (χ3v) is 2.05. The van der Waals surface area contributed by atoms with Gasteiger partial charge in [-0.15, -0.1) is 0 Å². The van der Waals surface area contributed by atoms with Gasteiger partial charge in [0, 0.05) is 6.07 Å². The summed E-state index contributed by atoms with van der Waals surface area (Å²) in [6.07, 6.45) is 3.50. The fourth-order valence-electron chi connectivity index (χ4n) is 1.47. The molecule has 0 unspecified atom stereocenters. The predicted octanol–water partition coefficient (Wildman–Crippen LogP) is 0.431. The normalized spacial score (nSPS) is 14.0. The van der Waals surface area contributed by atoms with Crippen LogP contribution in [0.3, 0.4) is 0 Å². The van der Waals surface area contributed by atoms with Gasteiger partial charge in [-0.25, -0.2) is 4.98 Å². The van der Waals surface area contributed by atoms with E-state index in [-0.39, 0.29) is 0 Å². The molecule has 58 valence electrons. The van der Waals surface area contributed by atoms with E-state index >= 15 is 0 Å². The Kier molecular flexibility index (Phi) is 0.946. The number of imidazole rings is 1. The van der Waals surface area contributed by atoms with Crippen molar-refractivity contribution in [2.75, 3.05) is 0 Å². The highest BCUT2D eigenvalue weighted by atomic mass is 15.0. The van der Waals surface area contributed by atoms with Gasteiger partial charge in [0.15, 0.2) is 17.7 Å². The molecule has 0 saturated heterocycles. The molecule has 3 N–H and O–H groups in total. The highest BCUT2D eigenvalue weighted by Gasteiger charge is 2.15. The molecule has 4 heteroatoms. The molecule has 12 heavy (non-hydrogen) atoms. The number of aliphatic imine (C=N–C) groups is 1. The first-order valence-electron chi connectivity index (χ1n) is 3.78. The van der Waals surface area contributed by atoms with Crippen LogP contribution in [0.25, 0.3) is 11.0 Å². The molecule has 4 nitrogen and oxygen atoms in total. The number of aromatic amines is 1. The fraction of sp³-hybridized carbons (Fsp3) is 0. The third kappa shape index (κ3) is 0.597. The molecule has 1 aromatic carbocycles. The van der Waals surface area contributed by atoms with E-state index in [9.17, 15) is 0 Å². The summed E-state index contributed by atoms with van der Waals surface area (Å²) >= 11 is 0. The summed E-state index contributed by atoms with van der Waals surface area (Å²) in [5.74, 6) is 0. The molecule has 2 aromatic rings. The molecule has 0 bridgehead atoms. The van der Waals surface area contributed by atoms with E-state index in [1.807, 2.05) is 17.4 Å². The Morgan fingerprint density at radius 2 is 2.33 bits per heavy atom. The molecule has 0 radical (unpaired) electrons. The summed E-state index contributed by atoms with van der Waals surface area (Å²) in [5.41, 5.74) is 4.13. The van der Waals surface area contributed by atoms with E-state index in [2.05, 4.69) is 15.0 Å². The lowest BCUT2D eigenvalue weighted by molar-refractivity contribution is -0.427. The summed E-state index contributed by atoms with van der Waals surface area (Å²) in [7, 11) is 0. The largest absolute Gasteiger partial charge is 0.345 e. The highest BCUT2D eigenvalue weighted by Crippen LogP contribution is 2.30. The first kappa shape index (κ1) is 5.91. The molecule has 0 amide bonds. The SMILES string of the molecule is C1=Nc2c(ccc3[nH]cnc23)[NH2+]1. The number of rotatable bonds is 0. The second-order valence-electron chi connectivity index (χ2n) is 2.75. The maximum atomic E-state index is 4.24. The van der Waals surface area contributed by atoms with Gasteiger partial charge in [-0.05, 0) is 6.07 Å². The van der Waals surface area contributed by atoms with Crippen molar-refractivity contribution < 1.29 is 5.32 Å². The third-order valence-electron chi connectivity index (χ3n) is 2.05. The van der Waals surface area contributed by atoms with Crippen molar-refractivity contribution in [3.05, 3.63) is 18.5 Å². The van der Waals surface area contributed by atoms with E-state index in [0.29, 0.717) is 0 Å². The van der Waals surface area contributed by atoms with Crippen LogP contribution >= 0.6 is 0 Å². The van der Waals surface area contributed by atoms with Crippen molar-refractivity contribution in [2.45, 2.75) is 0 Å². The lowest BCUT2D eigenvalue weighted by Gasteiger charge is -1.92. The van der Waals surface area contributed by atoms with Gasteiger partial charge in [-0.1, -0.05) is 0 Å². The van der Waals surface area contributed by atoms with Crippen LogP contribution in [0.5, 0.6) is 0 Å². The Labute approximate surface area is 68.3 Å². The first-order valence-corrected chi connectivity index (χ1v) is 3.78. The zero-order valence-corrected chi connectivity index (χ0v) is 6.28. The van der Waals surface area contributed by atoms with E-state index in [1.165, 1.54) is 0 Å². The number of benzene rings is 1. The second-order valence-corrected chi connectivity index (χ2v) is 2.75. The quantitative estimate of drug-likeness (QED) is 0.538. The average molecular weight is 159 g/mol. The lowest BCUT2D eigenvalue weighted by atomic mass is 10.2. The Morgan fingerprint density at radius 1 is 1.33 bits per heavy atom. The minimum absolute atomic E-state index is 0.956.